The normalized spacial score (nSPS) is 11.5. The molecule has 90 valence electrons. The zero-order valence-electron chi connectivity index (χ0n) is 10.0. The van der Waals surface area contributed by atoms with Gasteiger partial charge in [-0.05, 0) is 6.92 Å². The summed E-state index contributed by atoms with van der Waals surface area (Å²) in [6.07, 6.45) is 0. The maximum Gasteiger partial charge on any atom is 0.442 e. The molecule has 0 atom stereocenters. The van der Waals surface area contributed by atoms with Gasteiger partial charge in [0.05, 0.1) is 0 Å². The lowest BCUT2D eigenvalue weighted by Crippen LogP contribution is -2.33. The van der Waals surface area contributed by atoms with E-state index in [1.54, 1.807) is 0 Å². The molecule has 0 aliphatic rings. The lowest BCUT2D eigenvalue weighted by atomic mass is 9.96. The van der Waals surface area contributed by atoms with Crippen molar-refractivity contribution in [2.75, 3.05) is 6.54 Å². The van der Waals surface area contributed by atoms with Crippen LogP contribution in [0.4, 0.5) is 0 Å². The number of aromatic nitrogens is 2. The van der Waals surface area contributed by atoms with E-state index in [9.17, 15) is 9.59 Å². The molecule has 0 fully saturated rings. The summed E-state index contributed by atoms with van der Waals surface area (Å²) in [5.41, 5.74) is -0.335. The maximum absolute atomic E-state index is 11.4. The molecule has 0 aromatic carbocycles. The Labute approximate surface area is 93.6 Å². The number of hydrogen-bond acceptors (Lipinski definition) is 4. The Morgan fingerprint density at radius 1 is 1.50 bits per heavy atom. The van der Waals surface area contributed by atoms with Crippen LogP contribution in [0.25, 0.3) is 0 Å². The molecule has 0 unspecified atom stereocenters. The quantitative estimate of drug-likeness (QED) is 0.804. The molecule has 16 heavy (non-hydrogen) atoms. The first-order valence-corrected chi connectivity index (χ1v) is 5.20. The summed E-state index contributed by atoms with van der Waals surface area (Å²) < 4.78 is 5.83. The van der Waals surface area contributed by atoms with Crippen LogP contribution in [-0.4, -0.2) is 22.2 Å². The predicted molar refractivity (Wildman–Crippen MR) is 58.1 cm³/mol. The third-order valence-corrected chi connectivity index (χ3v) is 2.03. The number of nitrogens with one attached hydrogen (secondary N) is 1. The van der Waals surface area contributed by atoms with Crippen LogP contribution in [0.2, 0.25) is 0 Å². The first-order valence-electron chi connectivity index (χ1n) is 5.20. The second kappa shape index (κ2) is 4.51. The van der Waals surface area contributed by atoms with Gasteiger partial charge in [-0.15, -0.1) is 0 Å². The zero-order valence-corrected chi connectivity index (χ0v) is 10.0. The molecule has 0 spiro atoms. The highest BCUT2D eigenvalue weighted by molar-refractivity contribution is 5.75. The van der Waals surface area contributed by atoms with Crippen LogP contribution in [-0.2, 0) is 16.8 Å². The van der Waals surface area contributed by atoms with Gasteiger partial charge in [-0.2, -0.15) is 0 Å². The van der Waals surface area contributed by atoms with Crippen molar-refractivity contribution in [3.05, 3.63) is 16.4 Å². The molecular weight excluding hydrogens is 210 g/mol. The number of amides is 1. The molecule has 1 aromatic heterocycles. The van der Waals surface area contributed by atoms with Crippen molar-refractivity contribution in [2.24, 2.45) is 0 Å². The lowest BCUT2D eigenvalue weighted by Gasteiger charge is -2.16. The highest BCUT2D eigenvalue weighted by Gasteiger charge is 2.24. The third kappa shape index (κ3) is 2.71. The molecule has 6 nitrogen and oxygen atoms in total. The highest BCUT2D eigenvalue weighted by atomic mass is 16.5. The Kier molecular flexibility index (Phi) is 3.51. The fourth-order valence-corrected chi connectivity index (χ4v) is 1.35. The Bertz CT molecular complexity index is 425. The summed E-state index contributed by atoms with van der Waals surface area (Å²) in [4.78, 5) is 22.8. The molecule has 1 rings (SSSR count). The minimum Gasteiger partial charge on any atom is -0.355 e. The monoisotopic (exact) mass is 227 g/mol. The average molecular weight is 227 g/mol. The summed E-state index contributed by atoms with van der Waals surface area (Å²) in [5, 5.41) is 6.32. The van der Waals surface area contributed by atoms with Crippen LogP contribution in [0, 0.1) is 0 Å². The molecule has 0 aliphatic carbocycles. The Balaban J connectivity index is 2.99. The summed E-state index contributed by atoms with van der Waals surface area (Å²) in [6, 6.07) is 0. The maximum atomic E-state index is 11.4. The number of carbonyl (C=O) groups excluding carboxylic acids is 1. The second-order valence-corrected chi connectivity index (χ2v) is 4.56. The SMILES string of the molecule is CCNC(=O)Cn1c(C(C)(C)C)noc1=O. The first-order chi connectivity index (χ1) is 7.36. The molecule has 6 heteroatoms. The molecule has 0 saturated heterocycles. The third-order valence-electron chi connectivity index (χ3n) is 2.03. The van der Waals surface area contributed by atoms with E-state index in [0.29, 0.717) is 12.4 Å². The van der Waals surface area contributed by atoms with E-state index in [-0.39, 0.29) is 17.9 Å². The Morgan fingerprint density at radius 2 is 2.12 bits per heavy atom. The van der Waals surface area contributed by atoms with Gasteiger partial charge in [0.25, 0.3) is 0 Å². The molecule has 0 saturated carbocycles. The van der Waals surface area contributed by atoms with Gasteiger partial charge in [0.1, 0.15) is 6.54 Å². The van der Waals surface area contributed by atoms with Crippen LogP contribution in [0.5, 0.6) is 0 Å². The first kappa shape index (κ1) is 12.5. The molecular formula is C10H17N3O3. The van der Waals surface area contributed by atoms with E-state index < -0.39 is 5.76 Å². The zero-order chi connectivity index (χ0) is 12.3. The van der Waals surface area contributed by atoms with Crippen molar-refractivity contribution in [1.82, 2.24) is 15.0 Å². The highest BCUT2D eigenvalue weighted by Crippen LogP contribution is 2.18. The number of nitrogens with zero attached hydrogens (tertiary/aromatic N) is 2. The van der Waals surface area contributed by atoms with Crippen molar-refractivity contribution >= 4 is 5.91 Å². The summed E-state index contributed by atoms with van der Waals surface area (Å²) in [6.45, 7) is 8.00. The van der Waals surface area contributed by atoms with Gasteiger partial charge in [-0.25, -0.2) is 4.79 Å². The average Bonchev–Trinajstić information content (AvgIpc) is 2.47. The van der Waals surface area contributed by atoms with E-state index in [0.717, 1.165) is 0 Å². The molecule has 1 amide bonds. The van der Waals surface area contributed by atoms with Gasteiger partial charge in [0, 0.05) is 12.0 Å². The summed E-state index contributed by atoms with van der Waals surface area (Å²) in [7, 11) is 0. The largest absolute Gasteiger partial charge is 0.442 e. The van der Waals surface area contributed by atoms with E-state index in [4.69, 9.17) is 0 Å². The molecule has 1 aromatic rings. The predicted octanol–water partition coefficient (Wildman–Crippen LogP) is 0.270. The van der Waals surface area contributed by atoms with Crippen molar-refractivity contribution in [3.63, 3.8) is 0 Å². The number of hydrogen-bond donors (Lipinski definition) is 1. The van der Waals surface area contributed by atoms with Gasteiger partial charge in [-0.3, -0.25) is 13.9 Å². The van der Waals surface area contributed by atoms with Crippen LogP contribution in [0.15, 0.2) is 9.32 Å². The van der Waals surface area contributed by atoms with E-state index in [2.05, 4.69) is 15.0 Å². The Hall–Kier alpha value is -1.59. The fraction of sp³-hybridized carbons (Fsp3) is 0.700. The Morgan fingerprint density at radius 3 is 2.62 bits per heavy atom. The molecule has 0 aliphatic heterocycles. The van der Waals surface area contributed by atoms with E-state index in [1.807, 2.05) is 27.7 Å². The molecule has 0 radical (unpaired) electrons. The minimum atomic E-state index is -0.601. The van der Waals surface area contributed by atoms with Gasteiger partial charge >= 0.3 is 5.76 Å². The number of carbonyl (C=O) groups is 1. The van der Waals surface area contributed by atoms with Crippen LogP contribution in [0.1, 0.15) is 33.5 Å². The molecule has 1 N–H and O–H groups in total. The van der Waals surface area contributed by atoms with Gasteiger partial charge < -0.3 is 5.32 Å². The number of likely N-dealkylation sites (N-methyl/N-ethyl adjacent to an activating group) is 1. The van der Waals surface area contributed by atoms with E-state index >= 15 is 0 Å². The van der Waals surface area contributed by atoms with E-state index in [1.165, 1.54) is 4.57 Å². The van der Waals surface area contributed by atoms with Crippen molar-refractivity contribution in [3.8, 4) is 0 Å². The summed E-state index contributed by atoms with van der Waals surface area (Å²) in [5.74, 6) is -0.349. The summed E-state index contributed by atoms with van der Waals surface area (Å²) >= 11 is 0. The van der Waals surface area contributed by atoms with Crippen LogP contribution < -0.4 is 11.1 Å². The lowest BCUT2D eigenvalue weighted by molar-refractivity contribution is -0.121. The number of rotatable bonds is 3. The minimum absolute atomic E-state index is 0.0528. The van der Waals surface area contributed by atoms with Crippen LogP contribution >= 0.6 is 0 Å². The smallest absolute Gasteiger partial charge is 0.355 e. The molecule has 1 heterocycles. The van der Waals surface area contributed by atoms with Crippen molar-refractivity contribution in [1.29, 1.82) is 0 Å². The van der Waals surface area contributed by atoms with Gasteiger partial charge in [0.15, 0.2) is 5.82 Å². The topological polar surface area (TPSA) is 77.1 Å². The fourth-order valence-electron chi connectivity index (χ4n) is 1.35. The van der Waals surface area contributed by atoms with Crippen LogP contribution in [0.3, 0.4) is 0 Å². The second-order valence-electron chi connectivity index (χ2n) is 4.56. The van der Waals surface area contributed by atoms with Gasteiger partial charge in [-0.1, -0.05) is 25.9 Å². The van der Waals surface area contributed by atoms with Gasteiger partial charge in [0.2, 0.25) is 5.91 Å². The van der Waals surface area contributed by atoms with Crippen molar-refractivity contribution < 1.29 is 9.32 Å². The standard InChI is InChI=1S/C10H17N3O3/c1-5-11-7(14)6-13-8(10(2,3)4)12-16-9(13)15/h5-6H2,1-4H3,(H,11,14). The van der Waals surface area contributed by atoms with Crippen molar-refractivity contribution in [2.45, 2.75) is 39.7 Å². The molecule has 0 bridgehead atoms.